The fraction of sp³-hybridized carbons (Fsp3) is 0.562. The summed E-state index contributed by atoms with van der Waals surface area (Å²) in [6.45, 7) is 7.84. The summed E-state index contributed by atoms with van der Waals surface area (Å²) in [4.78, 5) is 28.2. The molecule has 0 unspecified atom stereocenters. The van der Waals surface area contributed by atoms with Gasteiger partial charge in [-0.3, -0.25) is 4.98 Å². The average molecular weight is 423 g/mol. The molecular formula is C16H21BrF2N2O4. The Morgan fingerprint density at radius 3 is 2.28 bits per heavy atom. The van der Waals surface area contributed by atoms with Gasteiger partial charge in [-0.2, -0.15) is 0 Å². The van der Waals surface area contributed by atoms with Crippen molar-refractivity contribution in [2.24, 2.45) is 0 Å². The molecule has 1 N–H and O–H groups in total. The van der Waals surface area contributed by atoms with Crippen LogP contribution >= 0.6 is 15.9 Å². The van der Waals surface area contributed by atoms with E-state index in [1.165, 1.54) is 26.0 Å². The normalized spacial score (nSPS) is 12.2. The third-order valence-electron chi connectivity index (χ3n) is 3.12. The Hall–Kier alpha value is -1.77. The lowest BCUT2D eigenvalue weighted by molar-refractivity contribution is 0.00779. The van der Waals surface area contributed by atoms with Gasteiger partial charge in [0.25, 0.3) is 6.43 Å². The van der Waals surface area contributed by atoms with Gasteiger partial charge in [-0.15, -0.1) is 0 Å². The molecule has 1 aromatic rings. The third-order valence-corrected chi connectivity index (χ3v) is 3.79. The maximum atomic E-state index is 13.0. The van der Waals surface area contributed by atoms with Gasteiger partial charge in [0.05, 0.1) is 5.54 Å². The second-order valence-corrected chi connectivity index (χ2v) is 7.91. The van der Waals surface area contributed by atoms with Crippen LogP contribution in [0, 0.1) is 0 Å². The molecule has 0 bridgehead atoms. The molecule has 6 nitrogen and oxygen atoms in total. The first-order valence-electron chi connectivity index (χ1n) is 7.44. The number of carbonyl (C=O) groups excluding carboxylic acids is 1. The van der Waals surface area contributed by atoms with Crippen molar-refractivity contribution in [3.05, 3.63) is 28.0 Å². The Bertz CT molecular complexity index is 660. The number of hydrogen-bond donors (Lipinski definition) is 1. The zero-order valence-electron chi connectivity index (χ0n) is 14.6. The van der Waals surface area contributed by atoms with Gasteiger partial charge >= 0.3 is 12.2 Å². The minimum absolute atomic E-state index is 0.0501. The van der Waals surface area contributed by atoms with Crippen molar-refractivity contribution in [3.63, 3.8) is 0 Å². The van der Waals surface area contributed by atoms with Gasteiger partial charge in [-0.25, -0.2) is 23.3 Å². The summed E-state index contributed by atoms with van der Waals surface area (Å²) in [6.07, 6.45) is -5.36. The number of carbonyl (C=O) groups is 2. The maximum Gasteiger partial charge on any atom is 0.420 e. The Balaban J connectivity index is 3.13. The first-order valence-corrected chi connectivity index (χ1v) is 8.23. The lowest BCUT2D eigenvalue weighted by Gasteiger charge is -2.35. The SMILES string of the molecule is CC(C)(C)OC(=O)N(C(=O)O)C(C)(C)Cc1ccc(Br)c(C(F)F)n1. The smallest absolute Gasteiger partial charge is 0.420 e. The molecule has 0 aromatic carbocycles. The molecule has 0 aliphatic heterocycles. The summed E-state index contributed by atoms with van der Waals surface area (Å²) < 4.78 is 31.2. The minimum atomic E-state index is -2.78. The molecule has 140 valence electrons. The second-order valence-electron chi connectivity index (χ2n) is 7.06. The zero-order chi connectivity index (χ0) is 19.6. The summed E-state index contributed by atoms with van der Waals surface area (Å²) in [5.74, 6) is 0. The number of aromatic nitrogens is 1. The van der Waals surface area contributed by atoms with E-state index >= 15 is 0 Å². The lowest BCUT2D eigenvalue weighted by atomic mass is 9.96. The van der Waals surface area contributed by atoms with E-state index in [4.69, 9.17) is 4.74 Å². The molecule has 1 aromatic heterocycles. The molecule has 1 heterocycles. The lowest BCUT2D eigenvalue weighted by Crippen LogP contribution is -2.53. The number of nitrogens with zero attached hydrogens (tertiary/aromatic N) is 2. The molecule has 0 atom stereocenters. The molecule has 0 aliphatic rings. The van der Waals surface area contributed by atoms with Crippen LogP contribution in [0.1, 0.15) is 52.4 Å². The summed E-state index contributed by atoms with van der Waals surface area (Å²) in [6, 6.07) is 2.91. The predicted molar refractivity (Wildman–Crippen MR) is 90.8 cm³/mol. The number of halogens is 3. The van der Waals surface area contributed by atoms with Crippen LogP contribution in [0.4, 0.5) is 18.4 Å². The minimum Gasteiger partial charge on any atom is -0.465 e. The van der Waals surface area contributed by atoms with E-state index in [0.717, 1.165) is 0 Å². The molecule has 2 amide bonds. The Morgan fingerprint density at radius 1 is 1.28 bits per heavy atom. The molecule has 0 aliphatic carbocycles. The average Bonchev–Trinajstić information content (AvgIpc) is 2.37. The monoisotopic (exact) mass is 422 g/mol. The summed E-state index contributed by atoms with van der Waals surface area (Å²) in [5.41, 5.74) is -2.33. The highest BCUT2D eigenvalue weighted by Gasteiger charge is 2.39. The molecule has 0 saturated carbocycles. The van der Waals surface area contributed by atoms with Gasteiger partial charge in [0.15, 0.2) is 0 Å². The molecule has 9 heteroatoms. The van der Waals surface area contributed by atoms with Crippen LogP contribution in [-0.4, -0.2) is 38.3 Å². The predicted octanol–water partition coefficient (Wildman–Crippen LogP) is 5.02. The number of alkyl halides is 2. The van der Waals surface area contributed by atoms with Crippen molar-refractivity contribution < 1.29 is 28.2 Å². The first-order chi connectivity index (χ1) is 11.2. The molecule has 0 radical (unpaired) electrons. The van der Waals surface area contributed by atoms with Gasteiger partial charge in [0.1, 0.15) is 11.3 Å². The third kappa shape index (κ3) is 5.91. The molecule has 25 heavy (non-hydrogen) atoms. The van der Waals surface area contributed by atoms with Crippen molar-refractivity contribution in [1.82, 2.24) is 9.88 Å². The number of pyridine rings is 1. The molecule has 0 fully saturated rings. The van der Waals surface area contributed by atoms with E-state index in [9.17, 15) is 23.5 Å². The Labute approximate surface area is 153 Å². The number of ether oxygens (including phenoxy) is 1. The standard InChI is InChI=1S/C16H21BrF2N2O4/c1-15(2,3)25-14(24)21(13(22)23)16(4,5)8-9-6-7-10(17)11(20-9)12(18)19/h6-7,12H,8H2,1-5H3,(H,22,23). The van der Waals surface area contributed by atoms with E-state index < -0.39 is 35.4 Å². The fourth-order valence-electron chi connectivity index (χ4n) is 2.17. The van der Waals surface area contributed by atoms with Crippen molar-refractivity contribution >= 4 is 28.1 Å². The van der Waals surface area contributed by atoms with E-state index in [0.29, 0.717) is 4.90 Å². The highest BCUT2D eigenvalue weighted by Crippen LogP contribution is 2.28. The summed E-state index contributed by atoms with van der Waals surface area (Å²) in [5, 5.41) is 9.42. The topological polar surface area (TPSA) is 79.7 Å². The van der Waals surface area contributed by atoms with Crippen LogP contribution in [0.5, 0.6) is 0 Å². The summed E-state index contributed by atoms with van der Waals surface area (Å²) >= 11 is 3.00. The van der Waals surface area contributed by atoms with Gasteiger partial charge in [0.2, 0.25) is 0 Å². The number of amides is 2. The highest BCUT2D eigenvalue weighted by atomic mass is 79.9. The Kier molecular flexibility index (Phi) is 6.50. The van der Waals surface area contributed by atoms with Crippen LogP contribution in [0.25, 0.3) is 0 Å². The molecule has 1 rings (SSSR count). The number of rotatable bonds is 4. The van der Waals surface area contributed by atoms with Gasteiger partial charge in [-0.1, -0.05) is 0 Å². The molecular weight excluding hydrogens is 402 g/mol. The van der Waals surface area contributed by atoms with Crippen molar-refractivity contribution in [1.29, 1.82) is 0 Å². The van der Waals surface area contributed by atoms with E-state index in [-0.39, 0.29) is 16.6 Å². The van der Waals surface area contributed by atoms with Crippen LogP contribution in [-0.2, 0) is 11.2 Å². The quantitative estimate of drug-likeness (QED) is 0.736. The fourth-order valence-corrected chi connectivity index (χ4v) is 2.56. The van der Waals surface area contributed by atoms with Crippen LogP contribution < -0.4 is 0 Å². The van der Waals surface area contributed by atoms with Crippen LogP contribution in [0.3, 0.4) is 0 Å². The van der Waals surface area contributed by atoms with E-state index in [1.807, 2.05) is 0 Å². The van der Waals surface area contributed by atoms with Crippen molar-refractivity contribution in [3.8, 4) is 0 Å². The highest BCUT2D eigenvalue weighted by molar-refractivity contribution is 9.10. The Morgan fingerprint density at radius 2 is 1.84 bits per heavy atom. The van der Waals surface area contributed by atoms with Gasteiger partial charge in [0, 0.05) is 16.6 Å². The van der Waals surface area contributed by atoms with Crippen LogP contribution in [0.15, 0.2) is 16.6 Å². The van der Waals surface area contributed by atoms with Crippen molar-refractivity contribution in [2.75, 3.05) is 0 Å². The largest absolute Gasteiger partial charge is 0.465 e. The molecule has 0 saturated heterocycles. The maximum absolute atomic E-state index is 13.0. The second kappa shape index (κ2) is 7.63. The zero-order valence-corrected chi connectivity index (χ0v) is 16.2. The first kappa shape index (κ1) is 21.3. The van der Waals surface area contributed by atoms with Crippen LogP contribution in [0.2, 0.25) is 0 Å². The van der Waals surface area contributed by atoms with Crippen molar-refractivity contribution in [2.45, 2.75) is 58.6 Å². The molecule has 0 spiro atoms. The van der Waals surface area contributed by atoms with E-state index in [2.05, 4.69) is 20.9 Å². The van der Waals surface area contributed by atoms with Gasteiger partial charge in [-0.05, 0) is 62.7 Å². The number of carboxylic acid groups (broad SMARTS) is 1. The van der Waals surface area contributed by atoms with E-state index in [1.54, 1.807) is 20.8 Å². The number of hydrogen-bond acceptors (Lipinski definition) is 4. The number of imide groups is 1. The summed E-state index contributed by atoms with van der Waals surface area (Å²) in [7, 11) is 0. The van der Waals surface area contributed by atoms with Gasteiger partial charge < -0.3 is 9.84 Å².